The van der Waals surface area contributed by atoms with Crippen LogP contribution in [0.1, 0.15) is 34.8 Å². The summed E-state index contributed by atoms with van der Waals surface area (Å²) in [5, 5.41) is 9.12. The number of hydrogen-bond acceptors (Lipinski definition) is 6. The zero-order chi connectivity index (χ0) is 25.2. The number of hydrogen-bond donors (Lipinski definition) is 0. The molecule has 35 heavy (non-hydrogen) atoms. The normalized spacial score (nSPS) is 22.0. The first-order chi connectivity index (χ1) is 16.7. The third kappa shape index (κ3) is 4.91. The lowest BCUT2D eigenvalue weighted by Gasteiger charge is -2.43. The maximum Gasteiger partial charge on any atom is 0.417 e. The Hall–Kier alpha value is -3.32. The molecule has 2 saturated heterocycles. The Morgan fingerprint density at radius 1 is 1.29 bits per heavy atom. The van der Waals surface area contributed by atoms with Crippen LogP contribution in [0.5, 0.6) is 5.88 Å². The van der Waals surface area contributed by atoms with Gasteiger partial charge in [0.25, 0.3) is 5.91 Å². The number of aromatic nitrogens is 1. The van der Waals surface area contributed by atoms with Crippen LogP contribution in [0.4, 0.5) is 18.9 Å². The van der Waals surface area contributed by atoms with Crippen molar-refractivity contribution in [1.82, 2.24) is 9.88 Å². The van der Waals surface area contributed by atoms with Crippen LogP contribution in [0.3, 0.4) is 0 Å². The predicted octanol–water partition coefficient (Wildman–Crippen LogP) is 3.99. The van der Waals surface area contributed by atoms with Gasteiger partial charge in [0.05, 0.1) is 36.5 Å². The third-order valence-electron chi connectivity index (χ3n) is 6.93. The summed E-state index contributed by atoms with van der Waals surface area (Å²) in [6.45, 7) is 4.77. The van der Waals surface area contributed by atoms with Gasteiger partial charge in [0.2, 0.25) is 5.88 Å². The van der Waals surface area contributed by atoms with Crippen molar-refractivity contribution < 1.29 is 27.4 Å². The van der Waals surface area contributed by atoms with Crippen molar-refractivity contribution in [3.05, 3.63) is 53.2 Å². The smallest absolute Gasteiger partial charge is 0.417 e. The van der Waals surface area contributed by atoms with Gasteiger partial charge in [-0.15, -0.1) is 0 Å². The van der Waals surface area contributed by atoms with E-state index in [-0.39, 0.29) is 11.8 Å². The zero-order valence-electron chi connectivity index (χ0n) is 19.6. The first-order valence-electron chi connectivity index (χ1n) is 11.4. The molecular formula is C25H27F3N4O3. The van der Waals surface area contributed by atoms with Crippen molar-refractivity contribution in [2.45, 2.75) is 19.5 Å². The Balaban J connectivity index is 1.59. The number of pyridine rings is 1. The Kier molecular flexibility index (Phi) is 6.90. The molecule has 0 spiro atoms. The van der Waals surface area contributed by atoms with Crippen LogP contribution in [0.2, 0.25) is 0 Å². The molecule has 2 aliphatic heterocycles. The first-order valence-corrected chi connectivity index (χ1v) is 11.4. The van der Waals surface area contributed by atoms with Crippen LogP contribution in [-0.2, 0) is 10.9 Å². The molecule has 10 heteroatoms. The largest absolute Gasteiger partial charge is 0.481 e. The molecule has 2 aliphatic rings. The molecule has 3 heterocycles. The number of alkyl halides is 3. The van der Waals surface area contributed by atoms with E-state index < -0.39 is 22.7 Å². The average Bonchev–Trinajstić information content (AvgIpc) is 3.25. The molecule has 0 aliphatic carbocycles. The van der Waals surface area contributed by atoms with Crippen molar-refractivity contribution in [2.75, 3.05) is 51.4 Å². The lowest BCUT2D eigenvalue weighted by Crippen LogP contribution is -2.53. The summed E-state index contributed by atoms with van der Waals surface area (Å²) in [6.07, 6.45) is -2.42. The molecule has 1 amide bonds. The van der Waals surface area contributed by atoms with Gasteiger partial charge in [0.15, 0.2) is 0 Å². The number of rotatable bonds is 6. The van der Waals surface area contributed by atoms with E-state index in [1.54, 1.807) is 29.2 Å². The highest BCUT2D eigenvalue weighted by atomic mass is 19.4. The Morgan fingerprint density at radius 2 is 2.09 bits per heavy atom. The zero-order valence-corrected chi connectivity index (χ0v) is 19.6. The van der Waals surface area contributed by atoms with Crippen molar-refractivity contribution >= 4 is 11.6 Å². The van der Waals surface area contributed by atoms with Crippen molar-refractivity contribution in [3.63, 3.8) is 0 Å². The number of fused-ring (bicyclic) bond motifs is 1. The molecule has 7 nitrogen and oxygen atoms in total. The first kappa shape index (κ1) is 24.8. The highest BCUT2D eigenvalue weighted by Gasteiger charge is 2.51. The molecule has 0 radical (unpaired) electrons. The summed E-state index contributed by atoms with van der Waals surface area (Å²) in [5.41, 5.74) is -0.885. The number of amides is 1. The van der Waals surface area contributed by atoms with Gasteiger partial charge in [-0.25, -0.2) is 4.98 Å². The standard InChI is InChI=1S/C25H27F3N4O3/c1-3-35-16-24-14-31(23(33)18-5-7-22(34-2)30-12-18)9-8-19(24)13-32(15-24)20-6-4-17(11-29)21(10-20)25(26,27)28/h4-7,10,12,19H,3,8-9,13-16H2,1-2H3/t19-,24+/m0/s1. The summed E-state index contributed by atoms with van der Waals surface area (Å²) in [4.78, 5) is 21.0. The summed E-state index contributed by atoms with van der Waals surface area (Å²) >= 11 is 0. The van der Waals surface area contributed by atoms with Crippen molar-refractivity contribution in [1.29, 1.82) is 5.26 Å². The maximum atomic E-state index is 13.5. The number of ether oxygens (including phenoxy) is 2. The molecular weight excluding hydrogens is 461 g/mol. The number of nitriles is 1. The van der Waals surface area contributed by atoms with E-state index >= 15 is 0 Å². The van der Waals surface area contributed by atoms with Crippen LogP contribution in [0.25, 0.3) is 0 Å². The quantitative estimate of drug-likeness (QED) is 0.612. The fourth-order valence-electron chi connectivity index (χ4n) is 5.14. The second kappa shape index (κ2) is 9.74. The van der Waals surface area contributed by atoms with Gasteiger partial charge in [0, 0.05) is 56.2 Å². The van der Waals surface area contributed by atoms with Crippen LogP contribution in [-0.4, -0.2) is 62.3 Å². The lowest BCUT2D eigenvalue weighted by molar-refractivity contribution is -0.137. The number of anilines is 1. The Bertz CT molecular complexity index is 1120. The number of methoxy groups -OCH3 is 1. The molecule has 0 unspecified atom stereocenters. The van der Waals surface area contributed by atoms with E-state index in [0.717, 1.165) is 6.07 Å². The van der Waals surface area contributed by atoms with Crippen LogP contribution >= 0.6 is 0 Å². The summed E-state index contributed by atoms with van der Waals surface area (Å²) in [6, 6.07) is 8.78. The number of benzene rings is 1. The van der Waals surface area contributed by atoms with Gasteiger partial charge < -0.3 is 19.3 Å². The van der Waals surface area contributed by atoms with Crippen LogP contribution in [0, 0.1) is 22.7 Å². The topological polar surface area (TPSA) is 78.7 Å². The maximum absolute atomic E-state index is 13.5. The number of piperidine rings is 1. The van der Waals surface area contributed by atoms with E-state index in [9.17, 15) is 18.0 Å². The SMILES string of the molecule is CCOC[C@]12CN(C(=O)c3ccc(OC)nc3)CC[C@H]1CN(c1ccc(C#N)c(C(F)(F)F)c1)C2. The molecule has 2 aromatic rings. The highest BCUT2D eigenvalue weighted by Crippen LogP contribution is 2.45. The monoisotopic (exact) mass is 488 g/mol. The number of carbonyl (C=O) groups excluding carboxylic acids is 1. The lowest BCUT2D eigenvalue weighted by atomic mass is 9.73. The fraction of sp³-hybridized carbons (Fsp3) is 0.480. The van der Waals surface area contributed by atoms with Gasteiger partial charge in [-0.2, -0.15) is 18.4 Å². The molecule has 1 aromatic carbocycles. The molecule has 4 rings (SSSR count). The van der Waals surface area contributed by atoms with E-state index in [2.05, 4.69) is 4.98 Å². The van der Waals surface area contributed by atoms with E-state index in [0.29, 0.717) is 62.9 Å². The summed E-state index contributed by atoms with van der Waals surface area (Å²) in [7, 11) is 1.50. The number of nitrogens with zero attached hydrogens (tertiary/aromatic N) is 4. The molecule has 1 aromatic heterocycles. The fourth-order valence-corrected chi connectivity index (χ4v) is 5.14. The van der Waals surface area contributed by atoms with E-state index in [4.69, 9.17) is 14.7 Å². The van der Waals surface area contributed by atoms with Gasteiger partial charge in [-0.05, 0) is 43.5 Å². The van der Waals surface area contributed by atoms with Crippen molar-refractivity contribution in [2.24, 2.45) is 11.3 Å². The average molecular weight is 489 g/mol. The molecule has 0 bridgehead atoms. The minimum Gasteiger partial charge on any atom is -0.481 e. The molecule has 0 N–H and O–H groups in total. The number of carbonyl (C=O) groups is 1. The Labute approximate surface area is 202 Å². The van der Waals surface area contributed by atoms with Crippen LogP contribution in [0.15, 0.2) is 36.5 Å². The molecule has 186 valence electrons. The van der Waals surface area contributed by atoms with Gasteiger partial charge in [-0.1, -0.05) is 0 Å². The second-order valence-corrected chi connectivity index (χ2v) is 9.02. The highest BCUT2D eigenvalue weighted by molar-refractivity contribution is 5.94. The predicted molar refractivity (Wildman–Crippen MR) is 122 cm³/mol. The third-order valence-corrected chi connectivity index (χ3v) is 6.93. The second-order valence-electron chi connectivity index (χ2n) is 9.02. The van der Waals surface area contributed by atoms with Crippen LogP contribution < -0.4 is 9.64 Å². The summed E-state index contributed by atoms with van der Waals surface area (Å²) in [5.74, 6) is 0.419. The van der Waals surface area contributed by atoms with E-state index in [1.165, 1.54) is 19.4 Å². The summed E-state index contributed by atoms with van der Waals surface area (Å²) < 4.78 is 51.5. The van der Waals surface area contributed by atoms with Gasteiger partial charge in [0.1, 0.15) is 0 Å². The van der Waals surface area contributed by atoms with Crippen molar-refractivity contribution in [3.8, 4) is 11.9 Å². The minimum absolute atomic E-state index is 0.148. The number of likely N-dealkylation sites (tertiary alicyclic amines) is 1. The number of halogens is 3. The Morgan fingerprint density at radius 3 is 2.71 bits per heavy atom. The van der Waals surface area contributed by atoms with Gasteiger partial charge >= 0.3 is 6.18 Å². The minimum atomic E-state index is -4.62. The van der Waals surface area contributed by atoms with E-state index in [1.807, 2.05) is 11.8 Å². The molecule has 2 fully saturated rings. The van der Waals surface area contributed by atoms with Gasteiger partial charge in [-0.3, -0.25) is 4.79 Å². The molecule has 0 saturated carbocycles. The molecule has 2 atom stereocenters.